The maximum Gasteiger partial charge on any atom is 0.329 e. The van der Waals surface area contributed by atoms with E-state index in [0.717, 1.165) is 0 Å². The molecule has 0 unspecified atom stereocenters. The number of hydrogen-bond donors (Lipinski definition) is 2. The van der Waals surface area contributed by atoms with E-state index in [1.165, 1.54) is 6.20 Å². The third-order valence-corrected chi connectivity index (χ3v) is 3.80. The van der Waals surface area contributed by atoms with Crippen LogP contribution in [0.2, 0.25) is 5.15 Å². The molecule has 6 heteroatoms. The van der Waals surface area contributed by atoms with E-state index in [1.807, 2.05) is 0 Å². The van der Waals surface area contributed by atoms with Crippen molar-refractivity contribution in [1.29, 1.82) is 0 Å². The number of fused-ring (bicyclic) bond motifs is 1. The number of rotatable bonds is 3. The number of carboxylic acids is 1. The normalized spacial score (nSPS) is 15.8. The van der Waals surface area contributed by atoms with E-state index in [-0.39, 0.29) is 0 Å². The molecular weight excluding hydrogens is 280 g/mol. The number of aromatic nitrogens is 1. The first kappa shape index (κ1) is 12.9. The van der Waals surface area contributed by atoms with Crippen LogP contribution in [0.5, 0.6) is 0 Å². The maximum atomic E-state index is 12.3. The zero-order valence-electron chi connectivity index (χ0n) is 10.4. The number of benzene rings is 1. The fourth-order valence-corrected chi connectivity index (χ4v) is 2.35. The SMILES string of the molecule is O=C(NC1(C(=O)O)CC1)c1cnc(Cl)c2ccccc12. The van der Waals surface area contributed by atoms with Crippen LogP contribution in [-0.2, 0) is 4.79 Å². The van der Waals surface area contributed by atoms with Crippen LogP contribution >= 0.6 is 11.6 Å². The van der Waals surface area contributed by atoms with Crippen molar-refractivity contribution in [2.75, 3.05) is 0 Å². The smallest absolute Gasteiger partial charge is 0.329 e. The number of carboxylic acid groups (broad SMARTS) is 1. The number of pyridine rings is 1. The van der Waals surface area contributed by atoms with Crippen molar-refractivity contribution in [3.8, 4) is 0 Å². The number of carbonyl (C=O) groups excluding carboxylic acids is 1. The van der Waals surface area contributed by atoms with Crippen molar-refractivity contribution in [3.63, 3.8) is 0 Å². The van der Waals surface area contributed by atoms with Gasteiger partial charge in [-0.3, -0.25) is 4.79 Å². The molecule has 1 aromatic carbocycles. The summed E-state index contributed by atoms with van der Waals surface area (Å²) in [4.78, 5) is 27.4. The van der Waals surface area contributed by atoms with Gasteiger partial charge in [0.25, 0.3) is 5.91 Å². The lowest BCUT2D eigenvalue weighted by Gasteiger charge is -2.13. The lowest BCUT2D eigenvalue weighted by atomic mass is 10.1. The number of nitrogens with one attached hydrogen (secondary N) is 1. The second-order valence-electron chi connectivity index (χ2n) is 4.85. The van der Waals surface area contributed by atoms with Crippen molar-refractivity contribution in [3.05, 3.63) is 41.2 Å². The lowest BCUT2D eigenvalue weighted by molar-refractivity contribution is -0.140. The highest BCUT2D eigenvalue weighted by atomic mass is 35.5. The minimum atomic E-state index is -1.11. The third kappa shape index (κ3) is 2.00. The zero-order chi connectivity index (χ0) is 14.3. The summed E-state index contributed by atoms with van der Waals surface area (Å²) in [6, 6.07) is 7.13. The van der Waals surface area contributed by atoms with Crippen LogP contribution in [0.25, 0.3) is 10.8 Å². The average Bonchev–Trinajstić information content (AvgIpc) is 3.20. The summed E-state index contributed by atoms with van der Waals surface area (Å²) >= 11 is 5.99. The van der Waals surface area contributed by atoms with Gasteiger partial charge in [-0.2, -0.15) is 0 Å². The molecule has 0 aliphatic heterocycles. The summed E-state index contributed by atoms with van der Waals surface area (Å²) in [7, 11) is 0. The van der Waals surface area contributed by atoms with Crippen LogP contribution < -0.4 is 5.32 Å². The lowest BCUT2D eigenvalue weighted by Crippen LogP contribution is -2.43. The molecule has 2 N–H and O–H groups in total. The minimum Gasteiger partial charge on any atom is -0.480 e. The van der Waals surface area contributed by atoms with Gasteiger partial charge in [-0.1, -0.05) is 35.9 Å². The molecule has 1 aliphatic rings. The largest absolute Gasteiger partial charge is 0.480 e. The van der Waals surface area contributed by atoms with Gasteiger partial charge in [0.15, 0.2) is 0 Å². The molecule has 1 aromatic heterocycles. The molecule has 1 amide bonds. The van der Waals surface area contributed by atoms with Crippen LogP contribution in [-0.4, -0.2) is 27.5 Å². The maximum absolute atomic E-state index is 12.3. The molecule has 1 heterocycles. The van der Waals surface area contributed by atoms with Gasteiger partial charge in [0.1, 0.15) is 10.7 Å². The molecule has 1 fully saturated rings. The Bertz CT molecular complexity index is 725. The summed E-state index contributed by atoms with van der Waals surface area (Å²) in [5, 5.41) is 13.3. The van der Waals surface area contributed by atoms with Crippen LogP contribution in [0, 0.1) is 0 Å². The summed E-state index contributed by atoms with van der Waals surface area (Å²) in [5.41, 5.74) is -0.782. The fraction of sp³-hybridized carbons (Fsp3) is 0.214. The third-order valence-electron chi connectivity index (χ3n) is 3.50. The second kappa shape index (κ2) is 4.45. The van der Waals surface area contributed by atoms with Gasteiger partial charge >= 0.3 is 5.97 Å². The van der Waals surface area contributed by atoms with Gasteiger partial charge in [-0.25, -0.2) is 9.78 Å². The van der Waals surface area contributed by atoms with E-state index < -0.39 is 17.4 Å². The molecule has 1 saturated carbocycles. The summed E-state index contributed by atoms with van der Waals surface area (Å²) in [5.74, 6) is -1.44. The van der Waals surface area contributed by atoms with Gasteiger partial charge in [0.05, 0.1) is 5.56 Å². The molecule has 3 rings (SSSR count). The molecule has 102 valence electrons. The Kier molecular flexibility index (Phi) is 2.87. The van der Waals surface area contributed by atoms with Gasteiger partial charge in [-0.15, -0.1) is 0 Å². The highest BCUT2D eigenvalue weighted by Crippen LogP contribution is 2.36. The van der Waals surface area contributed by atoms with Crippen molar-refractivity contribution < 1.29 is 14.7 Å². The Balaban J connectivity index is 2.01. The number of hydrogen-bond acceptors (Lipinski definition) is 3. The average molecular weight is 291 g/mol. The highest BCUT2D eigenvalue weighted by Gasteiger charge is 2.51. The summed E-state index contributed by atoms with van der Waals surface area (Å²) in [6.07, 6.45) is 2.28. The number of aliphatic carboxylic acids is 1. The molecular formula is C14H11ClN2O3. The first-order chi connectivity index (χ1) is 9.53. The Morgan fingerprint density at radius 3 is 2.50 bits per heavy atom. The Morgan fingerprint density at radius 2 is 1.90 bits per heavy atom. The van der Waals surface area contributed by atoms with E-state index in [4.69, 9.17) is 16.7 Å². The van der Waals surface area contributed by atoms with E-state index >= 15 is 0 Å². The van der Waals surface area contributed by atoms with Crippen molar-refractivity contribution in [1.82, 2.24) is 10.3 Å². The molecule has 0 saturated heterocycles. The molecule has 0 bridgehead atoms. The van der Waals surface area contributed by atoms with Gasteiger partial charge < -0.3 is 10.4 Å². The first-order valence-corrected chi connectivity index (χ1v) is 6.50. The summed E-state index contributed by atoms with van der Waals surface area (Å²) in [6.45, 7) is 0. The fourth-order valence-electron chi connectivity index (χ4n) is 2.14. The number of halogens is 1. The Labute approximate surface area is 119 Å². The van der Waals surface area contributed by atoms with Crippen molar-refractivity contribution >= 4 is 34.2 Å². The predicted octanol–water partition coefficient (Wildman–Crippen LogP) is 2.24. The Hall–Kier alpha value is -2.14. The zero-order valence-corrected chi connectivity index (χ0v) is 11.1. The van der Waals surface area contributed by atoms with Crippen LogP contribution in [0.1, 0.15) is 23.2 Å². The molecule has 5 nitrogen and oxygen atoms in total. The topological polar surface area (TPSA) is 79.3 Å². The molecule has 0 spiro atoms. The number of carbonyl (C=O) groups is 2. The van der Waals surface area contributed by atoms with Gasteiger partial charge in [0, 0.05) is 11.6 Å². The van der Waals surface area contributed by atoms with Gasteiger partial charge in [-0.05, 0) is 18.2 Å². The predicted molar refractivity (Wildman–Crippen MR) is 73.8 cm³/mol. The molecule has 0 radical (unpaired) electrons. The standard InChI is InChI=1S/C14H11ClN2O3/c15-11-9-4-2-1-3-8(9)10(7-16-11)12(18)17-14(5-6-14)13(19)20/h1-4,7H,5-6H2,(H,17,18)(H,19,20). The van der Waals surface area contributed by atoms with E-state index in [1.54, 1.807) is 24.3 Å². The van der Waals surface area contributed by atoms with Crippen molar-refractivity contribution in [2.45, 2.75) is 18.4 Å². The molecule has 2 aromatic rings. The van der Waals surface area contributed by atoms with Crippen LogP contribution in [0.15, 0.2) is 30.5 Å². The van der Waals surface area contributed by atoms with Gasteiger partial charge in [0.2, 0.25) is 0 Å². The number of amides is 1. The monoisotopic (exact) mass is 290 g/mol. The van der Waals surface area contributed by atoms with E-state index in [0.29, 0.717) is 34.3 Å². The Morgan fingerprint density at radius 1 is 1.25 bits per heavy atom. The quantitative estimate of drug-likeness (QED) is 0.850. The molecule has 20 heavy (non-hydrogen) atoms. The molecule has 0 atom stereocenters. The second-order valence-corrected chi connectivity index (χ2v) is 5.21. The number of nitrogens with zero attached hydrogens (tertiary/aromatic N) is 1. The van der Waals surface area contributed by atoms with Crippen LogP contribution in [0.3, 0.4) is 0 Å². The van der Waals surface area contributed by atoms with Crippen molar-refractivity contribution in [2.24, 2.45) is 0 Å². The molecule has 1 aliphatic carbocycles. The van der Waals surface area contributed by atoms with E-state index in [9.17, 15) is 9.59 Å². The summed E-state index contributed by atoms with van der Waals surface area (Å²) < 4.78 is 0. The van der Waals surface area contributed by atoms with Crippen LogP contribution in [0.4, 0.5) is 0 Å². The van der Waals surface area contributed by atoms with E-state index in [2.05, 4.69) is 10.3 Å². The minimum absolute atomic E-state index is 0.316. The highest BCUT2D eigenvalue weighted by molar-refractivity contribution is 6.34. The first-order valence-electron chi connectivity index (χ1n) is 6.13.